The molecule has 0 aliphatic heterocycles. The highest BCUT2D eigenvalue weighted by molar-refractivity contribution is 6.51. The molecule has 1 aromatic rings. The number of rotatable bonds is 5. The van der Waals surface area contributed by atoms with Gasteiger partial charge in [-0.1, -0.05) is 13.0 Å². The molecule has 3 nitrogen and oxygen atoms in total. The third kappa shape index (κ3) is 2.61. The Morgan fingerprint density at radius 2 is 2.06 bits per heavy atom. The van der Waals surface area contributed by atoms with Crippen molar-refractivity contribution in [2.45, 2.75) is 13.3 Å². The first-order chi connectivity index (χ1) is 7.63. The smallest absolute Gasteiger partial charge is 0.233 e. The van der Waals surface area contributed by atoms with Crippen molar-refractivity contribution in [3.8, 4) is 5.75 Å². The van der Waals surface area contributed by atoms with Crippen molar-refractivity contribution in [1.29, 1.82) is 0 Å². The SMILES string of the molecule is CCc1ccc(OC)c(C(=O)C(=O)CCl)c1. The molecule has 0 saturated heterocycles. The number of Topliss-reactive ketones (excluding diaryl/α,β-unsaturated/α-hetero) is 2. The Hall–Kier alpha value is -1.35. The topological polar surface area (TPSA) is 43.4 Å². The molecule has 0 unspecified atom stereocenters. The van der Waals surface area contributed by atoms with Crippen LogP contribution in [-0.2, 0) is 11.2 Å². The maximum Gasteiger partial charge on any atom is 0.233 e. The lowest BCUT2D eigenvalue weighted by Crippen LogP contribution is -2.16. The maximum absolute atomic E-state index is 11.7. The van der Waals surface area contributed by atoms with Gasteiger partial charge < -0.3 is 4.74 Å². The van der Waals surface area contributed by atoms with E-state index in [4.69, 9.17) is 16.3 Å². The minimum atomic E-state index is -0.617. The molecule has 0 saturated carbocycles. The van der Waals surface area contributed by atoms with Gasteiger partial charge in [-0.15, -0.1) is 11.6 Å². The van der Waals surface area contributed by atoms with Gasteiger partial charge in [0.05, 0.1) is 18.6 Å². The van der Waals surface area contributed by atoms with Crippen molar-refractivity contribution in [1.82, 2.24) is 0 Å². The van der Waals surface area contributed by atoms with Gasteiger partial charge in [0.25, 0.3) is 0 Å². The summed E-state index contributed by atoms with van der Waals surface area (Å²) >= 11 is 5.35. The van der Waals surface area contributed by atoms with E-state index in [0.29, 0.717) is 5.75 Å². The highest BCUT2D eigenvalue weighted by atomic mass is 35.5. The molecular formula is C12H13ClO3. The molecule has 0 aromatic heterocycles. The molecule has 0 bridgehead atoms. The highest BCUT2D eigenvalue weighted by Crippen LogP contribution is 2.21. The summed E-state index contributed by atoms with van der Waals surface area (Å²) in [7, 11) is 1.46. The van der Waals surface area contributed by atoms with Gasteiger partial charge in [0.2, 0.25) is 11.6 Å². The van der Waals surface area contributed by atoms with Gasteiger partial charge in [0.15, 0.2) is 0 Å². The fourth-order valence-corrected chi connectivity index (χ4v) is 1.48. The lowest BCUT2D eigenvalue weighted by Gasteiger charge is -2.08. The molecular weight excluding hydrogens is 228 g/mol. The summed E-state index contributed by atoms with van der Waals surface area (Å²) in [6, 6.07) is 5.22. The van der Waals surface area contributed by atoms with E-state index in [-0.39, 0.29) is 11.4 Å². The Morgan fingerprint density at radius 1 is 1.38 bits per heavy atom. The standard InChI is InChI=1S/C12H13ClO3/c1-3-8-4-5-11(16-2)9(6-8)12(15)10(14)7-13/h4-6H,3,7H2,1-2H3. The first-order valence-electron chi connectivity index (χ1n) is 4.94. The molecule has 1 aromatic carbocycles. The Morgan fingerprint density at radius 3 is 2.56 bits per heavy atom. The monoisotopic (exact) mass is 240 g/mol. The number of ketones is 2. The van der Waals surface area contributed by atoms with Crippen LogP contribution in [0.15, 0.2) is 18.2 Å². The van der Waals surface area contributed by atoms with Crippen molar-refractivity contribution >= 4 is 23.2 Å². The number of carbonyl (C=O) groups excluding carboxylic acids is 2. The predicted molar refractivity (Wildman–Crippen MR) is 62.4 cm³/mol. The van der Waals surface area contributed by atoms with Crippen molar-refractivity contribution in [3.05, 3.63) is 29.3 Å². The van der Waals surface area contributed by atoms with Crippen LogP contribution in [0.25, 0.3) is 0 Å². The van der Waals surface area contributed by atoms with Gasteiger partial charge in [-0.3, -0.25) is 9.59 Å². The van der Waals surface area contributed by atoms with Gasteiger partial charge in [-0.25, -0.2) is 0 Å². The number of benzene rings is 1. The Balaban J connectivity index is 3.18. The first-order valence-corrected chi connectivity index (χ1v) is 5.47. The molecule has 4 heteroatoms. The second-order valence-corrected chi connectivity index (χ2v) is 3.54. The number of hydrogen-bond acceptors (Lipinski definition) is 3. The zero-order valence-corrected chi connectivity index (χ0v) is 10.0. The van der Waals surface area contributed by atoms with Crippen LogP contribution in [0.5, 0.6) is 5.75 Å². The molecule has 86 valence electrons. The molecule has 0 aliphatic rings. The molecule has 0 radical (unpaired) electrons. The lowest BCUT2D eigenvalue weighted by atomic mass is 10.0. The molecule has 16 heavy (non-hydrogen) atoms. The summed E-state index contributed by atoms with van der Waals surface area (Å²) in [6.45, 7) is 1.97. The number of alkyl halides is 1. The quantitative estimate of drug-likeness (QED) is 0.450. The molecule has 0 fully saturated rings. The molecule has 0 aliphatic carbocycles. The van der Waals surface area contributed by atoms with Crippen LogP contribution >= 0.6 is 11.6 Å². The van der Waals surface area contributed by atoms with Gasteiger partial charge in [0, 0.05) is 0 Å². The number of carbonyl (C=O) groups is 2. The average molecular weight is 241 g/mol. The predicted octanol–water partition coefficient (Wildman–Crippen LogP) is 2.25. The van der Waals surface area contributed by atoms with Crippen LogP contribution in [0.1, 0.15) is 22.8 Å². The molecule has 0 atom stereocenters. The Bertz CT molecular complexity index is 413. The minimum absolute atomic E-state index is 0.285. The number of halogens is 1. The van der Waals surface area contributed by atoms with Crippen LogP contribution in [0.4, 0.5) is 0 Å². The summed E-state index contributed by atoms with van der Waals surface area (Å²) in [5, 5.41) is 0. The molecule has 1 rings (SSSR count). The van der Waals surface area contributed by atoms with Crippen LogP contribution in [0, 0.1) is 0 Å². The van der Waals surface area contributed by atoms with Crippen molar-refractivity contribution in [2.75, 3.05) is 13.0 Å². The highest BCUT2D eigenvalue weighted by Gasteiger charge is 2.19. The van der Waals surface area contributed by atoms with E-state index in [1.54, 1.807) is 12.1 Å². The summed E-state index contributed by atoms with van der Waals surface area (Å²) in [4.78, 5) is 23.0. The van der Waals surface area contributed by atoms with E-state index in [1.807, 2.05) is 13.0 Å². The van der Waals surface area contributed by atoms with E-state index in [1.165, 1.54) is 7.11 Å². The van der Waals surface area contributed by atoms with Crippen molar-refractivity contribution in [3.63, 3.8) is 0 Å². The van der Waals surface area contributed by atoms with Crippen LogP contribution in [-0.4, -0.2) is 24.6 Å². The fraction of sp³-hybridized carbons (Fsp3) is 0.333. The van der Waals surface area contributed by atoms with Crippen molar-refractivity contribution in [2.24, 2.45) is 0 Å². The largest absolute Gasteiger partial charge is 0.496 e. The number of hydrogen-bond donors (Lipinski definition) is 0. The normalized spacial score (nSPS) is 9.94. The molecule has 0 spiro atoms. The fourth-order valence-electron chi connectivity index (χ4n) is 1.36. The Labute approximate surface area is 99.4 Å². The summed E-state index contributed by atoms with van der Waals surface area (Å²) in [6.07, 6.45) is 0.791. The summed E-state index contributed by atoms with van der Waals surface area (Å²) < 4.78 is 5.04. The van der Waals surface area contributed by atoms with E-state index in [0.717, 1.165) is 12.0 Å². The molecule has 0 N–H and O–H groups in total. The van der Waals surface area contributed by atoms with Crippen LogP contribution in [0.2, 0.25) is 0 Å². The van der Waals surface area contributed by atoms with E-state index >= 15 is 0 Å². The first kappa shape index (κ1) is 12.7. The van der Waals surface area contributed by atoms with E-state index in [2.05, 4.69) is 0 Å². The van der Waals surface area contributed by atoms with Gasteiger partial charge in [-0.2, -0.15) is 0 Å². The second kappa shape index (κ2) is 5.66. The number of aryl methyl sites for hydroxylation is 1. The van der Waals surface area contributed by atoms with Gasteiger partial charge in [-0.05, 0) is 24.1 Å². The van der Waals surface area contributed by atoms with Crippen molar-refractivity contribution < 1.29 is 14.3 Å². The third-order valence-corrected chi connectivity index (χ3v) is 2.53. The Kier molecular flexibility index (Phi) is 4.50. The molecule has 0 amide bonds. The van der Waals surface area contributed by atoms with E-state index < -0.39 is 11.6 Å². The second-order valence-electron chi connectivity index (χ2n) is 3.27. The summed E-state index contributed by atoms with van der Waals surface area (Å²) in [5.41, 5.74) is 1.26. The number of ether oxygens (including phenoxy) is 1. The molecule has 0 heterocycles. The lowest BCUT2D eigenvalue weighted by molar-refractivity contribution is -0.112. The van der Waals surface area contributed by atoms with Gasteiger partial charge in [0.1, 0.15) is 5.75 Å². The zero-order chi connectivity index (χ0) is 12.1. The zero-order valence-electron chi connectivity index (χ0n) is 9.25. The van der Waals surface area contributed by atoms with Gasteiger partial charge >= 0.3 is 0 Å². The van der Waals surface area contributed by atoms with E-state index in [9.17, 15) is 9.59 Å². The van der Waals surface area contributed by atoms with Crippen LogP contribution in [0.3, 0.4) is 0 Å². The number of methoxy groups -OCH3 is 1. The van der Waals surface area contributed by atoms with Crippen LogP contribution < -0.4 is 4.74 Å². The average Bonchev–Trinajstić information content (AvgIpc) is 2.35. The third-order valence-electron chi connectivity index (χ3n) is 2.29. The maximum atomic E-state index is 11.7. The summed E-state index contributed by atoms with van der Waals surface area (Å²) in [5.74, 6) is -1.12. The minimum Gasteiger partial charge on any atom is -0.496 e.